The van der Waals surface area contributed by atoms with Crippen LogP contribution in [-0.2, 0) is 6.42 Å². The summed E-state index contributed by atoms with van der Waals surface area (Å²) in [6, 6.07) is 7.46. The van der Waals surface area contributed by atoms with Crippen molar-refractivity contribution in [2.24, 2.45) is 5.92 Å². The maximum Gasteiger partial charge on any atom is 0.0376 e. The third-order valence-corrected chi connectivity index (χ3v) is 4.06. The fourth-order valence-electron chi connectivity index (χ4n) is 2.58. The Bertz CT molecular complexity index is 400. The van der Waals surface area contributed by atoms with Crippen molar-refractivity contribution in [3.8, 4) is 0 Å². The molecule has 2 nitrogen and oxygen atoms in total. The summed E-state index contributed by atoms with van der Waals surface area (Å²) in [5.41, 5.74) is 4.15. The Hall–Kier alpha value is -1.18. The molecule has 0 aromatic heterocycles. The van der Waals surface area contributed by atoms with Gasteiger partial charge in [-0.3, -0.25) is 0 Å². The second-order valence-electron chi connectivity index (χ2n) is 5.82. The van der Waals surface area contributed by atoms with Crippen LogP contribution in [0, 0.1) is 5.92 Å². The number of hydrogen-bond donors (Lipinski definition) is 1. The highest BCUT2D eigenvalue weighted by Crippen LogP contribution is 2.29. The van der Waals surface area contributed by atoms with Crippen molar-refractivity contribution < 1.29 is 0 Å². The van der Waals surface area contributed by atoms with E-state index in [1.165, 1.54) is 36.2 Å². The van der Waals surface area contributed by atoms with Crippen molar-refractivity contribution in [3.05, 3.63) is 23.8 Å². The molecule has 0 aliphatic carbocycles. The van der Waals surface area contributed by atoms with E-state index in [4.69, 9.17) is 0 Å². The molecular formula is C16H26N2. The van der Waals surface area contributed by atoms with Crippen LogP contribution < -0.4 is 10.2 Å². The standard InChI is InChI=1S/C16H26N2/c1-5-12(2)11-18(4)15-8-9-16-14(10-15)7-6-13(3)17-16/h8-10,12-13,17H,5-7,11H2,1-4H3. The lowest BCUT2D eigenvalue weighted by atomic mass is 9.98. The van der Waals surface area contributed by atoms with Crippen molar-refractivity contribution in [1.29, 1.82) is 0 Å². The van der Waals surface area contributed by atoms with Gasteiger partial charge in [0.2, 0.25) is 0 Å². The van der Waals surface area contributed by atoms with Crippen molar-refractivity contribution in [2.75, 3.05) is 23.8 Å². The average molecular weight is 246 g/mol. The topological polar surface area (TPSA) is 15.3 Å². The summed E-state index contributed by atoms with van der Waals surface area (Å²) in [6.07, 6.45) is 3.69. The molecule has 0 saturated carbocycles. The minimum atomic E-state index is 0.612. The van der Waals surface area contributed by atoms with E-state index in [1.54, 1.807) is 0 Å². The van der Waals surface area contributed by atoms with E-state index in [1.807, 2.05) is 0 Å². The van der Waals surface area contributed by atoms with Crippen LogP contribution in [0.25, 0.3) is 0 Å². The molecule has 18 heavy (non-hydrogen) atoms. The first-order valence-electron chi connectivity index (χ1n) is 7.20. The number of hydrogen-bond acceptors (Lipinski definition) is 2. The zero-order chi connectivity index (χ0) is 13.1. The number of benzene rings is 1. The monoisotopic (exact) mass is 246 g/mol. The van der Waals surface area contributed by atoms with Gasteiger partial charge in [-0.2, -0.15) is 0 Å². The molecule has 1 aliphatic rings. The fourth-order valence-corrected chi connectivity index (χ4v) is 2.58. The lowest BCUT2D eigenvalue weighted by Gasteiger charge is -2.28. The van der Waals surface area contributed by atoms with Crippen molar-refractivity contribution in [2.45, 2.75) is 46.1 Å². The number of fused-ring (bicyclic) bond motifs is 1. The van der Waals surface area contributed by atoms with Gasteiger partial charge in [0.25, 0.3) is 0 Å². The molecule has 1 heterocycles. The van der Waals surface area contributed by atoms with Crippen LogP contribution in [0.15, 0.2) is 18.2 Å². The molecular weight excluding hydrogens is 220 g/mol. The van der Waals surface area contributed by atoms with E-state index in [9.17, 15) is 0 Å². The number of rotatable bonds is 4. The normalized spacial score (nSPS) is 19.9. The summed E-state index contributed by atoms with van der Waals surface area (Å²) in [5, 5.41) is 3.56. The Kier molecular flexibility index (Phi) is 4.15. The van der Waals surface area contributed by atoms with E-state index < -0.39 is 0 Å². The second kappa shape index (κ2) is 5.64. The average Bonchev–Trinajstić information content (AvgIpc) is 2.37. The van der Waals surface area contributed by atoms with E-state index in [0.717, 1.165) is 12.5 Å². The van der Waals surface area contributed by atoms with Crippen LogP contribution in [0.3, 0.4) is 0 Å². The molecule has 0 fully saturated rings. The summed E-state index contributed by atoms with van der Waals surface area (Å²) in [7, 11) is 2.20. The van der Waals surface area contributed by atoms with Crippen LogP contribution in [-0.4, -0.2) is 19.6 Å². The van der Waals surface area contributed by atoms with Gasteiger partial charge in [-0.05, 0) is 49.4 Å². The SMILES string of the molecule is CCC(C)CN(C)c1ccc2c(c1)CCC(C)N2. The molecule has 0 radical (unpaired) electrons. The largest absolute Gasteiger partial charge is 0.382 e. The minimum Gasteiger partial charge on any atom is -0.382 e. The van der Waals surface area contributed by atoms with Gasteiger partial charge in [0.15, 0.2) is 0 Å². The molecule has 2 heteroatoms. The van der Waals surface area contributed by atoms with Gasteiger partial charge in [0, 0.05) is 31.0 Å². The minimum absolute atomic E-state index is 0.612. The molecule has 2 unspecified atom stereocenters. The Labute approximate surface area is 111 Å². The first-order valence-corrected chi connectivity index (χ1v) is 7.20. The van der Waals surface area contributed by atoms with Gasteiger partial charge in [-0.15, -0.1) is 0 Å². The van der Waals surface area contributed by atoms with E-state index in [2.05, 4.69) is 56.2 Å². The number of anilines is 2. The molecule has 2 atom stereocenters. The molecule has 0 bridgehead atoms. The third kappa shape index (κ3) is 2.98. The van der Waals surface area contributed by atoms with Crippen LogP contribution in [0.1, 0.15) is 39.2 Å². The summed E-state index contributed by atoms with van der Waals surface area (Å²) in [4.78, 5) is 2.38. The number of nitrogens with one attached hydrogen (secondary N) is 1. The first-order chi connectivity index (χ1) is 8.60. The summed E-state index contributed by atoms with van der Waals surface area (Å²) < 4.78 is 0. The predicted octanol–water partition coefficient (Wildman–Crippen LogP) is 3.92. The van der Waals surface area contributed by atoms with Gasteiger partial charge < -0.3 is 10.2 Å². The highest BCUT2D eigenvalue weighted by molar-refractivity contribution is 5.62. The van der Waals surface area contributed by atoms with Crippen LogP contribution in [0.2, 0.25) is 0 Å². The first kappa shape index (κ1) is 13.3. The molecule has 1 aliphatic heterocycles. The maximum atomic E-state index is 3.56. The molecule has 1 aromatic rings. The molecule has 100 valence electrons. The quantitative estimate of drug-likeness (QED) is 0.866. The molecule has 0 spiro atoms. The molecule has 0 amide bonds. The van der Waals surface area contributed by atoms with Gasteiger partial charge in [-0.25, -0.2) is 0 Å². The highest BCUT2D eigenvalue weighted by Gasteiger charge is 2.15. The number of aryl methyl sites for hydroxylation is 1. The third-order valence-electron chi connectivity index (χ3n) is 4.06. The molecule has 1 N–H and O–H groups in total. The van der Waals surface area contributed by atoms with E-state index >= 15 is 0 Å². The lowest BCUT2D eigenvalue weighted by Crippen LogP contribution is -2.25. The fraction of sp³-hybridized carbons (Fsp3) is 0.625. The Morgan fingerprint density at radius 1 is 1.44 bits per heavy atom. The summed E-state index contributed by atoms with van der Waals surface area (Å²) in [5.74, 6) is 0.754. The molecule has 0 saturated heterocycles. The van der Waals surface area contributed by atoms with Gasteiger partial charge in [0.1, 0.15) is 0 Å². The Balaban J connectivity index is 2.11. The molecule has 2 rings (SSSR count). The van der Waals surface area contributed by atoms with E-state index in [0.29, 0.717) is 6.04 Å². The van der Waals surface area contributed by atoms with Crippen LogP contribution in [0.5, 0.6) is 0 Å². The number of nitrogens with zero attached hydrogens (tertiary/aromatic N) is 1. The van der Waals surface area contributed by atoms with E-state index in [-0.39, 0.29) is 0 Å². The van der Waals surface area contributed by atoms with Crippen molar-refractivity contribution in [1.82, 2.24) is 0 Å². The Morgan fingerprint density at radius 2 is 2.22 bits per heavy atom. The van der Waals surface area contributed by atoms with Crippen molar-refractivity contribution in [3.63, 3.8) is 0 Å². The lowest BCUT2D eigenvalue weighted by molar-refractivity contribution is 0.559. The maximum absolute atomic E-state index is 3.56. The summed E-state index contributed by atoms with van der Waals surface area (Å²) >= 11 is 0. The zero-order valence-corrected chi connectivity index (χ0v) is 12.2. The summed E-state index contributed by atoms with van der Waals surface area (Å²) in [6.45, 7) is 7.97. The van der Waals surface area contributed by atoms with Crippen LogP contribution >= 0.6 is 0 Å². The van der Waals surface area contributed by atoms with Crippen molar-refractivity contribution >= 4 is 11.4 Å². The van der Waals surface area contributed by atoms with Gasteiger partial charge in [0.05, 0.1) is 0 Å². The molecule has 1 aromatic carbocycles. The Morgan fingerprint density at radius 3 is 2.94 bits per heavy atom. The predicted molar refractivity (Wildman–Crippen MR) is 80.6 cm³/mol. The zero-order valence-electron chi connectivity index (χ0n) is 12.2. The van der Waals surface area contributed by atoms with Gasteiger partial charge >= 0.3 is 0 Å². The smallest absolute Gasteiger partial charge is 0.0376 e. The highest BCUT2D eigenvalue weighted by atomic mass is 15.1. The van der Waals surface area contributed by atoms with Crippen LogP contribution in [0.4, 0.5) is 11.4 Å². The second-order valence-corrected chi connectivity index (χ2v) is 5.82. The van der Waals surface area contributed by atoms with Gasteiger partial charge in [-0.1, -0.05) is 20.3 Å².